The quantitative estimate of drug-likeness (QED) is 0.846. The van der Waals surface area contributed by atoms with E-state index in [0.29, 0.717) is 0 Å². The number of halogens is 1. The Morgan fingerprint density at radius 2 is 2.14 bits per heavy atom. The molecule has 116 valence electrons. The lowest BCUT2D eigenvalue weighted by Crippen LogP contribution is -2.41. The summed E-state index contributed by atoms with van der Waals surface area (Å²) in [5, 5.41) is 11.2. The van der Waals surface area contributed by atoms with Crippen molar-refractivity contribution < 1.29 is 19.1 Å². The van der Waals surface area contributed by atoms with Gasteiger partial charge >= 0.3 is 12.0 Å². The highest BCUT2D eigenvalue weighted by molar-refractivity contribution is 7.98. The zero-order valence-electron chi connectivity index (χ0n) is 12.2. The van der Waals surface area contributed by atoms with Crippen molar-refractivity contribution in [3.63, 3.8) is 0 Å². The Balaban J connectivity index is 2.81. The summed E-state index contributed by atoms with van der Waals surface area (Å²) in [6.07, 6.45) is 2.75. The monoisotopic (exact) mass is 314 g/mol. The van der Waals surface area contributed by atoms with E-state index in [1.54, 1.807) is 18.8 Å². The van der Waals surface area contributed by atoms with Crippen LogP contribution < -0.4 is 5.32 Å². The lowest BCUT2D eigenvalue weighted by Gasteiger charge is -2.27. The molecule has 1 unspecified atom stereocenters. The number of anilines is 1. The number of carbonyl (C=O) groups excluding carboxylic acids is 1. The molecule has 1 rings (SSSR count). The maximum Gasteiger partial charge on any atom is 0.335 e. The molecular formula is C14H19FN2O3S. The molecule has 2 N–H and O–H groups in total. The molecule has 2 amide bonds. The number of aromatic carboxylic acids is 1. The Bertz CT molecular complexity index is 525. The van der Waals surface area contributed by atoms with Crippen molar-refractivity contribution in [2.45, 2.75) is 19.4 Å². The van der Waals surface area contributed by atoms with E-state index in [9.17, 15) is 14.0 Å². The topological polar surface area (TPSA) is 69.6 Å². The summed E-state index contributed by atoms with van der Waals surface area (Å²) in [4.78, 5) is 24.3. The molecule has 1 aromatic carbocycles. The third kappa shape index (κ3) is 4.63. The van der Waals surface area contributed by atoms with Gasteiger partial charge in [0.15, 0.2) is 0 Å². The van der Waals surface area contributed by atoms with E-state index in [-0.39, 0.29) is 17.3 Å². The van der Waals surface area contributed by atoms with Gasteiger partial charge in [-0.25, -0.2) is 14.0 Å². The van der Waals surface area contributed by atoms with Crippen LogP contribution in [0.25, 0.3) is 0 Å². The molecule has 7 heteroatoms. The lowest BCUT2D eigenvalue weighted by molar-refractivity contribution is 0.0696. The van der Waals surface area contributed by atoms with Crippen LogP contribution in [-0.4, -0.2) is 47.1 Å². The summed E-state index contributed by atoms with van der Waals surface area (Å²) in [6.45, 7) is 1.98. The van der Waals surface area contributed by atoms with Crippen molar-refractivity contribution >= 4 is 29.4 Å². The van der Waals surface area contributed by atoms with Crippen LogP contribution in [0.2, 0.25) is 0 Å². The number of thioether (sulfide) groups is 1. The summed E-state index contributed by atoms with van der Waals surface area (Å²) >= 11 is 1.63. The van der Waals surface area contributed by atoms with Crippen LogP contribution in [0.5, 0.6) is 0 Å². The predicted octanol–water partition coefficient (Wildman–Crippen LogP) is 3.13. The highest BCUT2D eigenvalue weighted by Gasteiger charge is 2.19. The van der Waals surface area contributed by atoms with Gasteiger partial charge in [-0.3, -0.25) is 0 Å². The molecule has 0 spiro atoms. The fourth-order valence-electron chi connectivity index (χ4n) is 1.81. The van der Waals surface area contributed by atoms with Crippen molar-refractivity contribution in [1.29, 1.82) is 0 Å². The second-order valence-corrected chi connectivity index (χ2v) is 5.47. The Hall–Kier alpha value is -1.76. The van der Waals surface area contributed by atoms with Gasteiger partial charge in [0.05, 0.1) is 11.3 Å². The molecule has 1 atom stereocenters. The minimum absolute atomic E-state index is 0.0316. The van der Waals surface area contributed by atoms with Gasteiger partial charge < -0.3 is 15.3 Å². The van der Waals surface area contributed by atoms with Gasteiger partial charge in [0.1, 0.15) is 5.82 Å². The van der Waals surface area contributed by atoms with Crippen LogP contribution in [0.3, 0.4) is 0 Å². The number of hydrogen-bond donors (Lipinski definition) is 2. The molecule has 0 saturated carbocycles. The maximum atomic E-state index is 13.8. The van der Waals surface area contributed by atoms with Crippen molar-refractivity contribution in [2.24, 2.45) is 0 Å². The zero-order chi connectivity index (χ0) is 16.0. The maximum absolute atomic E-state index is 13.8. The minimum Gasteiger partial charge on any atom is -0.478 e. The normalized spacial score (nSPS) is 11.8. The molecule has 0 aliphatic rings. The van der Waals surface area contributed by atoms with E-state index in [1.807, 2.05) is 13.2 Å². The Kier molecular flexibility index (Phi) is 6.48. The summed E-state index contributed by atoms with van der Waals surface area (Å²) in [5.74, 6) is -1.19. The molecule has 0 heterocycles. The Morgan fingerprint density at radius 3 is 2.62 bits per heavy atom. The van der Waals surface area contributed by atoms with Crippen LogP contribution in [0, 0.1) is 5.82 Å². The lowest BCUT2D eigenvalue weighted by atomic mass is 10.2. The summed E-state index contributed by atoms with van der Waals surface area (Å²) in [6, 6.07) is 3.02. The molecule has 0 radical (unpaired) electrons. The zero-order valence-corrected chi connectivity index (χ0v) is 13.0. The van der Waals surface area contributed by atoms with Crippen LogP contribution in [0.15, 0.2) is 18.2 Å². The molecule has 0 saturated heterocycles. The van der Waals surface area contributed by atoms with Crippen molar-refractivity contribution in [2.75, 3.05) is 24.4 Å². The SMILES string of the molecule is CCC(CSC)N(C)C(=O)Nc1ccc(C(=O)O)cc1F. The molecule has 21 heavy (non-hydrogen) atoms. The first-order chi connectivity index (χ1) is 9.90. The first-order valence-electron chi connectivity index (χ1n) is 6.46. The number of nitrogens with zero attached hydrogens (tertiary/aromatic N) is 1. The number of hydrogen-bond acceptors (Lipinski definition) is 3. The number of urea groups is 1. The van der Waals surface area contributed by atoms with Crippen molar-refractivity contribution in [3.05, 3.63) is 29.6 Å². The molecule has 0 fully saturated rings. The molecule has 0 aromatic heterocycles. The number of carboxylic acid groups (broad SMARTS) is 1. The standard InChI is InChI=1S/C14H19FN2O3S/c1-4-10(8-21-3)17(2)14(20)16-12-6-5-9(13(18)19)7-11(12)15/h5-7,10H,4,8H2,1-3H3,(H,16,20)(H,18,19). The van der Waals surface area contributed by atoms with Gasteiger partial charge in [-0.1, -0.05) is 6.92 Å². The van der Waals surface area contributed by atoms with E-state index < -0.39 is 17.8 Å². The van der Waals surface area contributed by atoms with Gasteiger partial charge in [-0.05, 0) is 30.9 Å². The fourth-order valence-corrected chi connectivity index (χ4v) is 2.66. The third-order valence-electron chi connectivity index (χ3n) is 3.16. The van der Waals surface area contributed by atoms with Gasteiger partial charge in [0.2, 0.25) is 0 Å². The average Bonchev–Trinajstić information content (AvgIpc) is 2.45. The number of amides is 2. The number of carboxylic acids is 1. The largest absolute Gasteiger partial charge is 0.478 e. The Labute approximate surface area is 127 Å². The summed E-state index contributed by atoms with van der Waals surface area (Å²) in [5.41, 5.74) is -0.191. The van der Waals surface area contributed by atoms with Crippen LogP contribution >= 0.6 is 11.8 Å². The number of rotatable bonds is 6. The number of carbonyl (C=O) groups is 2. The fraction of sp³-hybridized carbons (Fsp3) is 0.429. The average molecular weight is 314 g/mol. The van der Waals surface area contributed by atoms with Crippen LogP contribution in [0.1, 0.15) is 23.7 Å². The van der Waals surface area contributed by atoms with Gasteiger partial charge in [-0.2, -0.15) is 11.8 Å². The molecular weight excluding hydrogens is 295 g/mol. The minimum atomic E-state index is -1.21. The molecule has 0 bridgehead atoms. The molecule has 0 aliphatic heterocycles. The number of nitrogens with one attached hydrogen (secondary N) is 1. The Morgan fingerprint density at radius 1 is 1.48 bits per heavy atom. The highest BCUT2D eigenvalue weighted by Crippen LogP contribution is 2.17. The molecule has 0 aliphatic carbocycles. The van der Waals surface area contributed by atoms with Crippen LogP contribution in [0.4, 0.5) is 14.9 Å². The second kappa shape index (κ2) is 7.87. The third-order valence-corrected chi connectivity index (χ3v) is 3.87. The van der Waals surface area contributed by atoms with E-state index in [2.05, 4.69) is 5.32 Å². The summed E-state index contributed by atoms with van der Waals surface area (Å²) in [7, 11) is 1.66. The van der Waals surface area contributed by atoms with Crippen molar-refractivity contribution in [3.8, 4) is 0 Å². The molecule has 1 aromatic rings. The predicted molar refractivity (Wildman–Crippen MR) is 82.6 cm³/mol. The summed E-state index contributed by atoms with van der Waals surface area (Å²) < 4.78 is 13.8. The van der Waals surface area contributed by atoms with Gasteiger partial charge in [0, 0.05) is 18.8 Å². The van der Waals surface area contributed by atoms with Gasteiger partial charge in [0.25, 0.3) is 0 Å². The van der Waals surface area contributed by atoms with E-state index in [1.165, 1.54) is 17.0 Å². The first-order valence-corrected chi connectivity index (χ1v) is 7.85. The first kappa shape index (κ1) is 17.3. The van der Waals surface area contributed by atoms with Gasteiger partial charge in [-0.15, -0.1) is 0 Å². The number of benzene rings is 1. The van der Waals surface area contributed by atoms with E-state index in [0.717, 1.165) is 18.2 Å². The second-order valence-electron chi connectivity index (χ2n) is 4.56. The molecule has 5 nitrogen and oxygen atoms in total. The van der Waals surface area contributed by atoms with E-state index >= 15 is 0 Å². The van der Waals surface area contributed by atoms with Crippen LogP contribution in [-0.2, 0) is 0 Å². The van der Waals surface area contributed by atoms with E-state index in [4.69, 9.17) is 5.11 Å². The smallest absolute Gasteiger partial charge is 0.335 e. The highest BCUT2D eigenvalue weighted by atomic mass is 32.2. The van der Waals surface area contributed by atoms with Crippen molar-refractivity contribution in [1.82, 2.24) is 4.90 Å².